The summed E-state index contributed by atoms with van der Waals surface area (Å²) in [5, 5.41) is 19.9. The molecule has 2 N–H and O–H groups in total. The van der Waals surface area contributed by atoms with Crippen LogP contribution in [0.15, 0.2) is 48.5 Å². The molecule has 2 rings (SSSR count). The summed E-state index contributed by atoms with van der Waals surface area (Å²) in [7, 11) is 0. The second kappa shape index (κ2) is 6.59. The van der Waals surface area contributed by atoms with Crippen LogP contribution in [0.1, 0.15) is 17.2 Å². The zero-order chi connectivity index (χ0) is 13.7. The number of aromatic hydroxyl groups is 1. The number of aliphatic hydroxyl groups is 1. The molecule has 0 aliphatic carbocycles. The van der Waals surface area contributed by atoms with E-state index in [2.05, 4.69) is 15.9 Å². The third kappa shape index (κ3) is 3.72. The Bertz CT molecular complexity index is 528. The van der Waals surface area contributed by atoms with E-state index in [0.717, 1.165) is 5.56 Å². The van der Waals surface area contributed by atoms with E-state index in [4.69, 9.17) is 4.74 Å². The first-order valence-corrected chi connectivity index (χ1v) is 7.06. The van der Waals surface area contributed by atoms with Crippen LogP contribution in [0, 0.1) is 0 Å². The maximum atomic E-state index is 9.86. The van der Waals surface area contributed by atoms with Crippen LogP contribution in [0.2, 0.25) is 0 Å². The SMILES string of the molecule is Oc1cc([C@@H](O)CBr)ccc1OCc1ccccc1. The third-order valence-corrected chi connectivity index (χ3v) is 3.36. The van der Waals surface area contributed by atoms with E-state index in [1.54, 1.807) is 12.1 Å². The van der Waals surface area contributed by atoms with Crippen LogP contribution in [-0.2, 0) is 6.61 Å². The van der Waals surface area contributed by atoms with Gasteiger partial charge in [0.05, 0.1) is 6.10 Å². The highest BCUT2D eigenvalue weighted by Gasteiger charge is 2.09. The molecule has 2 aromatic carbocycles. The van der Waals surface area contributed by atoms with Gasteiger partial charge in [-0.25, -0.2) is 0 Å². The molecule has 0 heterocycles. The van der Waals surface area contributed by atoms with Gasteiger partial charge in [0.15, 0.2) is 11.5 Å². The van der Waals surface area contributed by atoms with E-state index in [1.807, 2.05) is 30.3 Å². The summed E-state index contributed by atoms with van der Waals surface area (Å²) < 4.78 is 5.55. The van der Waals surface area contributed by atoms with Crippen molar-refractivity contribution < 1.29 is 14.9 Å². The van der Waals surface area contributed by atoms with Crippen molar-refractivity contribution in [1.82, 2.24) is 0 Å². The Morgan fingerprint density at radius 3 is 2.47 bits per heavy atom. The molecular formula is C15H15BrO3. The Hall–Kier alpha value is -1.52. The van der Waals surface area contributed by atoms with Crippen molar-refractivity contribution in [2.75, 3.05) is 5.33 Å². The van der Waals surface area contributed by atoms with E-state index < -0.39 is 6.10 Å². The molecule has 1 atom stereocenters. The molecule has 2 aromatic rings. The van der Waals surface area contributed by atoms with E-state index in [1.165, 1.54) is 6.07 Å². The zero-order valence-electron chi connectivity index (χ0n) is 10.3. The van der Waals surface area contributed by atoms with Gasteiger partial charge in [-0.2, -0.15) is 0 Å². The van der Waals surface area contributed by atoms with Gasteiger partial charge in [0.1, 0.15) is 6.61 Å². The van der Waals surface area contributed by atoms with Crippen LogP contribution in [0.5, 0.6) is 11.5 Å². The lowest BCUT2D eigenvalue weighted by atomic mass is 10.1. The molecular weight excluding hydrogens is 308 g/mol. The lowest BCUT2D eigenvalue weighted by Gasteiger charge is -2.11. The second-order valence-electron chi connectivity index (χ2n) is 4.17. The first-order valence-electron chi connectivity index (χ1n) is 5.94. The smallest absolute Gasteiger partial charge is 0.161 e. The number of phenols is 1. The molecule has 0 aromatic heterocycles. The number of benzene rings is 2. The number of halogens is 1. The quantitative estimate of drug-likeness (QED) is 0.829. The number of ether oxygens (including phenoxy) is 1. The molecule has 0 fully saturated rings. The number of aliphatic hydroxyl groups excluding tert-OH is 1. The maximum Gasteiger partial charge on any atom is 0.161 e. The number of hydrogen-bond acceptors (Lipinski definition) is 3. The Labute approximate surface area is 120 Å². The fraction of sp³-hybridized carbons (Fsp3) is 0.200. The zero-order valence-corrected chi connectivity index (χ0v) is 11.9. The van der Waals surface area contributed by atoms with Crippen molar-refractivity contribution in [2.24, 2.45) is 0 Å². The summed E-state index contributed by atoms with van der Waals surface area (Å²) >= 11 is 3.19. The molecule has 3 nitrogen and oxygen atoms in total. The fourth-order valence-electron chi connectivity index (χ4n) is 1.69. The second-order valence-corrected chi connectivity index (χ2v) is 4.82. The van der Waals surface area contributed by atoms with Gasteiger partial charge in [0.2, 0.25) is 0 Å². The summed E-state index contributed by atoms with van der Waals surface area (Å²) in [6.45, 7) is 0.398. The van der Waals surface area contributed by atoms with Gasteiger partial charge < -0.3 is 14.9 Å². The Morgan fingerprint density at radius 2 is 1.84 bits per heavy atom. The summed E-state index contributed by atoms with van der Waals surface area (Å²) in [6.07, 6.45) is -0.630. The van der Waals surface area contributed by atoms with Crippen molar-refractivity contribution in [3.63, 3.8) is 0 Å². The van der Waals surface area contributed by atoms with Crippen molar-refractivity contribution in [1.29, 1.82) is 0 Å². The molecule has 0 unspecified atom stereocenters. The average molecular weight is 323 g/mol. The lowest BCUT2D eigenvalue weighted by Crippen LogP contribution is -1.99. The molecule has 0 spiro atoms. The molecule has 0 radical (unpaired) electrons. The molecule has 19 heavy (non-hydrogen) atoms. The van der Waals surface area contributed by atoms with Crippen molar-refractivity contribution in [3.05, 3.63) is 59.7 Å². The van der Waals surface area contributed by atoms with Crippen LogP contribution in [0.25, 0.3) is 0 Å². The van der Waals surface area contributed by atoms with E-state index in [-0.39, 0.29) is 5.75 Å². The lowest BCUT2D eigenvalue weighted by molar-refractivity contribution is 0.204. The minimum absolute atomic E-state index is 0.0356. The Kier molecular flexibility index (Phi) is 4.82. The highest BCUT2D eigenvalue weighted by atomic mass is 79.9. The largest absolute Gasteiger partial charge is 0.504 e. The summed E-state index contributed by atoms with van der Waals surface area (Å²) in [4.78, 5) is 0. The molecule has 0 amide bonds. The summed E-state index contributed by atoms with van der Waals surface area (Å²) in [5.41, 5.74) is 1.69. The van der Waals surface area contributed by atoms with E-state index in [9.17, 15) is 10.2 Å². The van der Waals surface area contributed by atoms with Gasteiger partial charge >= 0.3 is 0 Å². The molecule has 4 heteroatoms. The molecule has 100 valence electrons. The molecule has 0 aliphatic rings. The highest BCUT2D eigenvalue weighted by Crippen LogP contribution is 2.30. The van der Waals surface area contributed by atoms with Gasteiger partial charge in [0, 0.05) is 5.33 Å². The predicted octanol–water partition coefficient (Wildman–Crippen LogP) is 3.40. The van der Waals surface area contributed by atoms with Gasteiger partial charge in [-0.1, -0.05) is 52.3 Å². The normalized spacial score (nSPS) is 12.1. The summed E-state index contributed by atoms with van der Waals surface area (Å²) in [6, 6.07) is 14.7. The highest BCUT2D eigenvalue weighted by molar-refractivity contribution is 9.09. The van der Waals surface area contributed by atoms with Gasteiger partial charge in [-0.05, 0) is 23.3 Å². The van der Waals surface area contributed by atoms with Gasteiger partial charge in [-0.3, -0.25) is 0 Å². The number of rotatable bonds is 5. The number of alkyl halides is 1. The fourth-order valence-corrected chi connectivity index (χ4v) is 2.06. The van der Waals surface area contributed by atoms with Gasteiger partial charge in [0.25, 0.3) is 0 Å². The van der Waals surface area contributed by atoms with Crippen LogP contribution in [0.4, 0.5) is 0 Å². The first kappa shape index (κ1) is 13.9. The van der Waals surface area contributed by atoms with Crippen LogP contribution < -0.4 is 4.74 Å². The number of hydrogen-bond donors (Lipinski definition) is 2. The summed E-state index contributed by atoms with van der Waals surface area (Å²) in [5.74, 6) is 0.447. The molecule has 0 saturated carbocycles. The maximum absolute atomic E-state index is 9.86. The minimum atomic E-state index is -0.630. The monoisotopic (exact) mass is 322 g/mol. The third-order valence-electron chi connectivity index (χ3n) is 2.75. The van der Waals surface area contributed by atoms with Crippen molar-refractivity contribution >= 4 is 15.9 Å². The van der Waals surface area contributed by atoms with Crippen molar-refractivity contribution in [2.45, 2.75) is 12.7 Å². The molecule has 0 bridgehead atoms. The van der Waals surface area contributed by atoms with Crippen LogP contribution in [-0.4, -0.2) is 15.5 Å². The first-order chi connectivity index (χ1) is 9.20. The van der Waals surface area contributed by atoms with E-state index in [0.29, 0.717) is 23.2 Å². The Morgan fingerprint density at radius 1 is 1.11 bits per heavy atom. The minimum Gasteiger partial charge on any atom is -0.504 e. The number of phenolic OH excluding ortho intramolecular Hbond substituents is 1. The topological polar surface area (TPSA) is 49.7 Å². The van der Waals surface area contributed by atoms with Crippen LogP contribution >= 0.6 is 15.9 Å². The molecule has 0 aliphatic heterocycles. The average Bonchev–Trinajstić information content (AvgIpc) is 2.46. The Balaban J connectivity index is 2.05. The molecule has 0 saturated heterocycles. The van der Waals surface area contributed by atoms with E-state index >= 15 is 0 Å². The van der Waals surface area contributed by atoms with Crippen molar-refractivity contribution in [3.8, 4) is 11.5 Å². The predicted molar refractivity (Wildman–Crippen MR) is 77.6 cm³/mol. The standard InChI is InChI=1S/C15H15BrO3/c16-9-14(18)12-6-7-15(13(17)8-12)19-10-11-4-2-1-3-5-11/h1-8,14,17-18H,9-10H2/t14-/m0/s1. The van der Waals surface area contributed by atoms with Crippen LogP contribution in [0.3, 0.4) is 0 Å². The van der Waals surface area contributed by atoms with Gasteiger partial charge in [-0.15, -0.1) is 0 Å².